The third kappa shape index (κ3) is 2.05. The van der Waals surface area contributed by atoms with E-state index in [-0.39, 0.29) is 5.41 Å². The van der Waals surface area contributed by atoms with Crippen molar-refractivity contribution in [3.05, 3.63) is 0 Å². The Kier molecular flexibility index (Phi) is 2.75. The molecule has 2 nitrogen and oxygen atoms in total. The molecule has 0 heterocycles. The zero-order valence-corrected chi connectivity index (χ0v) is 9.17. The molecule has 2 heteroatoms. The molecule has 1 aliphatic carbocycles. The average Bonchev–Trinajstić information content (AvgIpc) is 1.94. The van der Waals surface area contributed by atoms with E-state index in [2.05, 4.69) is 20.8 Å². The van der Waals surface area contributed by atoms with Crippen LogP contribution in [0.4, 0.5) is 0 Å². The Hall–Kier alpha value is -0.0800. The number of aliphatic hydroxyl groups is 2. The lowest BCUT2D eigenvalue weighted by Crippen LogP contribution is -2.51. The Morgan fingerprint density at radius 3 is 2.31 bits per heavy atom. The summed E-state index contributed by atoms with van der Waals surface area (Å²) in [6.45, 7) is 8.26. The number of aliphatic hydroxyl groups excluding tert-OH is 1. The molecule has 0 amide bonds. The minimum Gasteiger partial charge on any atom is -0.390 e. The van der Waals surface area contributed by atoms with Gasteiger partial charge < -0.3 is 10.2 Å². The first-order valence-corrected chi connectivity index (χ1v) is 5.20. The van der Waals surface area contributed by atoms with E-state index in [4.69, 9.17) is 0 Å². The van der Waals surface area contributed by atoms with E-state index in [0.717, 1.165) is 12.8 Å². The van der Waals surface area contributed by atoms with Crippen LogP contribution in [-0.2, 0) is 0 Å². The molecule has 0 bridgehead atoms. The SMILES string of the molecule is CC[C@H]1CC(O)[C@@](C)(O)CC1(C)C. The van der Waals surface area contributed by atoms with Gasteiger partial charge >= 0.3 is 0 Å². The summed E-state index contributed by atoms with van der Waals surface area (Å²) in [7, 11) is 0. The van der Waals surface area contributed by atoms with Crippen molar-refractivity contribution in [3.63, 3.8) is 0 Å². The maximum atomic E-state index is 9.94. The second-order valence-corrected chi connectivity index (χ2v) is 5.38. The zero-order chi connectivity index (χ0) is 10.3. The fourth-order valence-corrected chi connectivity index (χ4v) is 2.75. The summed E-state index contributed by atoms with van der Waals surface area (Å²) in [4.78, 5) is 0. The van der Waals surface area contributed by atoms with Crippen molar-refractivity contribution in [3.8, 4) is 0 Å². The van der Waals surface area contributed by atoms with Crippen molar-refractivity contribution < 1.29 is 10.2 Å². The lowest BCUT2D eigenvalue weighted by molar-refractivity contribution is -0.138. The highest BCUT2D eigenvalue weighted by molar-refractivity contribution is 4.97. The van der Waals surface area contributed by atoms with E-state index in [1.165, 1.54) is 0 Å². The quantitative estimate of drug-likeness (QED) is 0.657. The van der Waals surface area contributed by atoms with Crippen LogP contribution < -0.4 is 0 Å². The van der Waals surface area contributed by atoms with Gasteiger partial charge in [0.1, 0.15) is 0 Å². The van der Waals surface area contributed by atoms with Gasteiger partial charge in [-0.1, -0.05) is 27.2 Å². The molecule has 78 valence electrons. The van der Waals surface area contributed by atoms with Gasteiger partial charge in [0.25, 0.3) is 0 Å². The molecule has 0 aromatic rings. The Labute approximate surface area is 81.0 Å². The molecule has 0 aromatic carbocycles. The minimum absolute atomic E-state index is 0.150. The Bertz CT molecular complexity index is 185. The Morgan fingerprint density at radius 2 is 1.85 bits per heavy atom. The normalized spacial score (nSPS) is 44.8. The van der Waals surface area contributed by atoms with Crippen LogP contribution in [0.1, 0.15) is 47.0 Å². The second kappa shape index (κ2) is 3.25. The summed E-state index contributed by atoms with van der Waals surface area (Å²) < 4.78 is 0. The fraction of sp³-hybridized carbons (Fsp3) is 1.00. The van der Waals surface area contributed by atoms with Crippen LogP contribution in [0.15, 0.2) is 0 Å². The third-order valence-electron chi connectivity index (χ3n) is 3.64. The lowest BCUT2D eigenvalue weighted by atomic mass is 9.62. The van der Waals surface area contributed by atoms with E-state index >= 15 is 0 Å². The highest BCUT2D eigenvalue weighted by Crippen LogP contribution is 2.46. The number of hydrogen-bond donors (Lipinski definition) is 2. The van der Waals surface area contributed by atoms with Gasteiger partial charge in [0.15, 0.2) is 0 Å². The summed E-state index contributed by atoms with van der Waals surface area (Å²) in [5.74, 6) is 0.530. The van der Waals surface area contributed by atoms with Gasteiger partial charge in [-0.15, -0.1) is 0 Å². The molecule has 0 aromatic heterocycles. The molecule has 1 fully saturated rings. The first-order chi connectivity index (χ1) is 5.79. The fourth-order valence-electron chi connectivity index (χ4n) is 2.75. The molecule has 1 unspecified atom stereocenters. The highest BCUT2D eigenvalue weighted by Gasteiger charge is 2.46. The van der Waals surface area contributed by atoms with E-state index in [9.17, 15) is 10.2 Å². The molecule has 13 heavy (non-hydrogen) atoms. The first-order valence-electron chi connectivity index (χ1n) is 5.20. The van der Waals surface area contributed by atoms with Crippen molar-refractivity contribution >= 4 is 0 Å². The van der Waals surface area contributed by atoms with Crippen molar-refractivity contribution in [2.24, 2.45) is 11.3 Å². The first kappa shape index (κ1) is 11.0. The van der Waals surface area contributed by atoms with Gasteiger partial charge in [-0.2, -0.15) is 0 Å². The lowest BCUT2D eigenvalue weighted by Gasteiger charge is -2.48. The Balaban J connectivity index is 2.79. The van der Waals surface area contributed by atoms with Crippen LogP contribution in [-0.4, -0.2) is 21.9 Å². The third-order valence-corrected chi connectivity index (χ3v) is 3.64. The van der Waals surface area contributed by atoms with Crippen molar-refractivity contribution in [1.82, 2.24) is 0 Å². The van der Waals surface area contributed by atoms with E-state index in [1.807, 2.05) is 0 Å². The predicted molar refractivity (Wildman–Crippen MR) is 53.4 cm³/mol. The molecule has 1 rings (SSSR count). The average molecular weight is 186 g/mol. The molecular weight excluding hydrogens is 164 g/mol. The minimum atomic E-state index is -0.894. The summed E-state index contributed by atoms with van der Waals surface area (Å²) in [6, 6.07) is 0. The van der Waals surface area contributed by atoms with E-state index in [0.29, 0.717) is 12.3 Å². The highest BCUT2D eigenvalue weighted by atomic mass is 16.3. The summed E-state index contributed by atoms with van der Waals surface area (Å²) in [5.41, 5.74) is -0.743. The van der Waals surface area contributed by atoms with E-state index < -0.39 is 11.7 Å². The topological polar surface area (TPSA) is 40.5 Å². The van der Waals surface area contributed by atoms with Crippen LogP contribution in [0.5, 0.6) is 0 Å². The standard InChI is InChI=1S/C11H22O2/c1-5-8-6-9(12)11(4,13)7-10(8,2)3/h8-9,12-13H,5-7H2,1-4H3/t8-,9?,11-/m0/s1. The molecule has 0 radical (unpaired) electrons. The smallest absolute Gasteiger partial charge is 0.0882 e. The number of rotatable bonds is 1. The largest absolute Gasteiger partial charge is 0.390 e. The molecule has 1 aliphatic rings. The van der Waals surface area contributed by atoms with Gasteiger partial charge in [0.05, 0.1) is 11.7 Å². The van der Waals surface area contributed by atoms with Crippen molar-refractivity contribution in [2.75, 3.05) is 0 Å². The molecule has 1 saturated carbocycles. The van der Waals surface area contributed by atoms with Gasteiger partial charge in [-0.05, 0) is 31.1 Å². The van der Waals surface area contributed by atoms with Crippen LogP contribution in [0, 0.1) is 11.3 Å². The van der Waals surface area contributed by atoms with Crippen LogP contribution in [0.25, 0.3) is 0 Å². The second-order valence-electron chi connectivity index (χ2n) is 5.38. The molecule has 3 atom stereocenters. The summed E-state index contributed by atoms with van der Waals surface area (Å²) >= 11 is 0. The van der Waals surface area contributed by atoms with E-state index in [1.54, 1.807) is 6.92 Å². The van der Waals surface area contributed by atoms with Crippen molar-refractivity contribution in [1.29, 1.82) is 0 Å². The van der Waals surface area contributed by atoms with Crippen LogP contribution in [0.3, 0.4) is 0 Å². The monoisotopic (exact) mass is 186 g/mol. The molecule has 2 N–H and O–H groups in total. The maximum absolute atomic E-state index is 9.94. The number of hydrogen-bond acceptors (Lipinski definition) is 2. The molecule has 0 aliphatic heterocycles. The molecular formula is C11H22O2. The van der Waals surface area contributed by atoms with Gasteiger partial charge in [-0.3, -0.25) is 0 Å². The van der Waals surface area contributed by atoms with Gasteiger partial charge in [0.2, 0.25) is 0 Å². The van der Waals surface area contributed by atoms with Crippen molar-refractivity contribution in [2.45, 2.75) is 58.7 Å². The maximum Gasteiger partial charge on any atom is 0.0882 e. The summed E-state index contributed by atoms with van der Waals surface area (Å²) in [6.07, 6.45) is 1.96. The van der Waals surface area contributed by atoms with Crippen LogP contribution in [0.2, 0.25) is 0 Å². The summed E-state index contributed by atoms with van der Waals surface area (Å²) in [5, 5.41) is 19.7. The molecule has 0 spiro atoms. The zero-order valence-electron chi connectivity index (χ0n) is 9.17. The molecule has 0 saturated heterocycles. The van der Waals surface area contributed by atoms with Gasteiger partial charge in [0, 0.05) is 0 Å². The predicted octanol–water partition coefficient (Wildman–Crippen LogP) is 1.94. The van der Waals surface area contributed by atoms with Gasteiger partial charge in [-0.25, -0.2) is 0 Å². The Morgan fingerprint density at radius 1 is 1.31 bits per heavy atom. The van der Waals surface area contributed by atoms with Crippen LogP contribution >= 0.6 is 0 Å².